The third-order valence-corrected chi connectivity index (χ3v) is 1.56. The lowest BCUT2D eigenvalue weighted by atomic mass is 10.2. The number of hydrogen-bond donors (Lipinski definition) is 0. The van der Waals surface area contributed by atoms with Gasteiger partial charge in [-0.3, -0.25) is 9.78 Å². The summed E-state index contributed by atoms with van der Waals surface area (Å²) in [6.07, 6.45) is -3.51. The molecule has 0 fully saturated rings. The second kappa shape index (κ2) is 3.65. The van der Waals surface area contributed by atoms with Crippen molar-refractivity contribution in [2.75, 3.05) is 7.11 Å². The monoisotopic (exact) mass is 205 g/mol. The number of halogens is 3. The van der Waals surface area contributed by atoms with E-state index >= 15 is 0 Å². The first-order valence-corrected chi connectivity index (χ1v) is 3.56. The zero-order chi connectivity index (χ0) is 10.8. The van der Waals surface area contributed by atoms with Crippen LogP contribution in [0.25, 0.3) is 0 Å². The minimum atomic E-state index is -4.64. The Morgan fingerprint density at radius 1 is 1.50 bits per heavy atom. The molecule has 0 radical (unpaired) electrons. The summed E-state index contributed by atoms with van der Waals surface area (Å²) in [6, 6.07) is 1.05. The van der Waals surface area contributed by atoms with E-state index < -0.39 is 23.2 Å². The minimum absolute atomic E-state index is 0.0470. The molecule has 14 heavy (non-hydrogen) atoms. The number of pyridine rings is 1. The minimum Gasteiger partial charge on any atom is -0.496 e. The van der Waals surface area contributed by atoms with Crippen LogP contribution in [-0.2, 0) is 6.18 Å². The predicted octanol–water partition coefficient (Wildman–Crippen LogP) is 1.92. The zero-order valence-electron chi connectivity index (χ0n) is 7.13. The van der Waals surface area contributed by atoms with Crippen molar-refractivity contribution in [1.29, 1.82) is 0 Å². The highest BCUT2D eigenvalue weighted by Gasteiger charge is 2.37. The van der Waals surface area contributed by atoms with Gasteiger partial charge in [0.25, 0.3) is 0 Å². The number of aldehydes is 1. The first-order valence-electron chi connectivity index (χ1n) is 3.56. The van der Waals surface area contributed by atoms with Gasteiger partial charge < -0.3 is 4.74 Å². The molecule has 1 heterocycles. The Labute approximate surface area is 77.5 Å². The second-order valence-electron chi connectivity index (χ2n) is 2.39. The molecule has 1 rings (SSSR count). The number of carbonyl (C=O) groups excluding carboxylic acids is 1. The SMILES string of the molecule is COc1ccnc(C=O)c1C(F)(F)F. The van der Waals surface area contributed by atoms with Crippen molar-refractivity contribution in [3.05, 3.63) is 23.5 Å². The Bertz CT molecular complexity index is 349. The lowest BCUT2D eigenvalue weighted by Gasteiger charge is -2.12. The van der Waals surface area contributed by atoms with E-state index in [1.54, 1.807) is 0 Å². The van der Waals surface area contributed by atoms with Crippen LogP contribution in [0, 0.1) is 0 Å². The van der Waals surface area contributed by atoms with E-state index in [4.69, 9.17) is 0 Å². The fourth-order valence-electron chi connectivity index (χ4n) is 1.00. The number of methoxy groups -OCH3 is 1. The van der Waals surface area contributed by atoms with Gasteiger partial charge in [-0.15, -0.1) is 0 Å². The van der Waals surface area contributed by atoms with Gasteiger partial charge in [-0.25, -0.2) is 0 Å². The highest BCUT2D eigenvalue weighted by atomic mass is 19.4. The Balaban J connectivity index is 3.41. The van der Waals surface area contributed by atoms with Crippen LogP contribution in [-0.4, -0.2) is 18.4 Å². The second-order valence-corrected chi connectivity index (χ2v) is 2.39. The maximum atomic E-state index is 12.4. The lowest BCUT2D eigenvalue weighted by Crippen LogP contribution is -2.12. The number of rotatable bonds is 2. The van der Waals surface area contributed by atoms with Crippen molar-refractivity contribution in [2.24, 2.45) is 0 Å². The van der Waals surface area contributed by atoms with E-state index in [2.05, 4.69) is 9.72 Å². The summed E-state index contributed by atoms with van der Waals surface area (Å²) >= 11 is 0. The van der Waals surface area contributed by atoms with E-state index in [-0.39, 0.29) is 6.29 Å². The Hall–Kier alpha value is -1.59. The predicted molar refractivity (Wildman–Crippen MR) is 41.2 cm³/mol. The molecule has 0 bridgehead atoms. The summed E-state index contributed by atoms with van der Waals surface area (Å²) in [4.78, 5) is 13.6. The van der Waals surface area contributed by atoms with Gasteiger partial charge in [0.1, 0.15) is 17.0 Å². The van der Waals surface area contributed by atoms with Crippen molar-refractivity contribution in [3.63, 3.8) is 0 Å². The molecule has 1 aromatic heterocycles. The molecule has 0 N–H and O–H groups in total. The molecule has 0 saturated heterocycles. The summed E-state index contributed by atoms with van der Waals surface area (Å²) in [5.41, 5.74) is -1.81. The van der Waals surface area contributed by atoms with Crippen LogP contribution >= 0.6 is 0 Å². The molecule has 0 saturated carbocycles. The van der Waals surface area contributed by atoms with Gasteiger partial charge in [0, 0.05) is 6.20 Å². The molecule has 0 aliphatic rings. The summed E-state index contributed by atoms with van der Waals surface area (Å²) in [7, 11) is 1.10. The first-order chi connectivity index (χ1) is 6.50. The summed E-state index contributed by atoms with van der Waals surface area (Å²) in [6.45, 7) is 0. The molecule has 3 nitrogen and oxygen atoms in total. The quantitative estimate of drug-likeness (QED) is 0.692. The standard InChI is InChI=1S/C8H6F3NO2/c1-14-6-2-3-12-5(4-13)7(6)8(9,10)11/h2-4H,1H3. The lowest BCUT2D eigenvalue weighted by molar-refractivity contribution is -0.139. The molecule has 0 aliphatic carbocycles. The Kier molecular flexibility index (Phi) is 2.73. The average Bonchev–Trinajstić information content (AvgIpc) is 2.15. The third-order valence-electron chi connectivity index (χ3n) is 1.56. The van der Waals surface area contributed by atoms with E-state index in [1.165, 1.54) is 0 Å². The van der Waals surface area contributed by atoms with Crippen molar-refractivity contribution in [1.82, 2.24) is 4.98 Å². The van der Waals surface area contributed by atoms with Crippen molar-refractivity contribution in [2.45, 2.75) is 6.18 Å². The molecule has 0 aromatic carbocycles. The zero-order valence-corrected chi connectivity index (χ0v) is 7.13. The van der Waals surface area contributed by atoms with Crippen molar-refractivity contribution in [3.8, 4) is 5.75 Å². The molecule has 0 unspecified atom stereocenters. The Morgan fingerprint density at radius 3 is 2.57 bits per heavy atom. The molecule has 0 aliphatic heterocycles. The molecule has 76 valence electrons. The highest BCUT2D eigenvalue weighted by molar-refractivity contribution is 5.76. The third kappa shape index (κ3) is 1.84. The summed E-state index contributed by atoms with van der Waals surface area (Å²) in [5.74, 6) is -0.408. The first kappa shape index (κ1) is 10.5. The number of ether oxygens (including phenoxy) is 1. The van der Waals surface area contributed by atoms with Gasteiger partial charge in [0.2, 0.25) is 0 Å². The van der Waals surface area contributed by atoms with Crippen LogP contribution in [0.15, 0.2) is 12.3 Å². The van der Waals surface area contributed by atoms with Crippen molar-refractivity contribution >= 4 is 6.29 Å². The number of hydrogen-bond acceptors (Lipinski definition) is 3. The van der Waals surface area contributed by atoms with Gasteiger partial charge in [-0.05, 0) is 6.07 Å². The van der Waals surface area contributed by atoms with E-state index in [9.17, 15) is 18.0 Å². The van der Waals surface area contributed by atoms with E-state index in [0.29, 0.717) is 0 Å². The molecule has 0 atom stereocenters. The van der Waals surface area contributed by atoms with Crippen LogP contribution in [0.3, 0.4) is 0 Å². The van der Waals surface area contributed by atoms with Gasteiger partial charge in [-0.1, -0.05) is 0 Å². The van der Waals surface area contributed by atoms with E-state index in [0.717, 1.165) is 19.4 Å². The largest absolute Gasteiger partial charge is 0.496 e. The molecular formula is C8H6F3NO2. The fraction of sp³-hybridized carbons (Fsp3) is 0.250. The van der Waals surface area contributed by atoms with Gasteiger partial charge >= 0.3 is 6.18 Å². The molecular weight excluding hydrogens is 199 g/mol. The van der Waals surface area contributed by atoms with Crippen LogP contribution in [0.4, 0.5) is 13.2 Å². The summed E-state index contributed by atoms with van der Waals surface area (Å²) in [5, 5.41) is 0. The molecule has 1 aromatic rings. The number of alkyl halides is 3. The van der Waals surface area contributed by atoms with Gasteiger partial charge in [0.15, 0.2) is 6.29 Å². The number of nitrogens with zero attached hydrogens (tertiary/aromatic N) is 1. The maximum Gasteiger partial charge on any atom is 0.422 e. The van der Waals surface area contributed by atoms with E-state index in [1.807, 2.05) is 0 Å². The number of aromatic nitrogens is 1. The van der Waals surface area contributed by atoms with Crippen LogP contribution in [0.5, 0.6) is 5.75 Å². The fourth-order valence-corrected chi connectivity index (χ4v) is 1.00. The smallest absolute Gasteiger partial charge is 0.422 e. The van der Waals surface area contributed by atoms with Crippen LogP contribution in [0.2, 0.25) is 0 Å². The van der Waals surface area contributed by atoms with Crippen LogP contribution < -0.4 is 4.74 Å². The topological polar surface area (TPSA) is 39.2 Å². The molecule has 6 heteroatoms. The molecule has 0 amide bonds. The Morgan fingerprint density at radius 2 is 2.14 bits per heavy atom. The number of carbonyl (C=O) groups is 1. The van der Waals surface area contributed by atoms with Gasteiger partial charge in [-0.2, -0.15) is 13.2 Å². The summed E-state index contributed by atoms with van der Waals surface area (Å²) < 4.78 is 41.7. The van der Waals surface area contributed by atoms with Crippen LogP contribution in [0.1, 0.15) is 16.1 Å². The van der Waals surface area contributed by atoms with Crippen molar-refractivity contribution < 1.29 is 22.7 Å². The van der Waals surface area contributed by atoms with Gasteiger partial charge in [0.05, 0.1) is 7.11 Å². The average molecular weight is 205 g/mol. The highest BCUT2D eigenvalue weighted by Crippen LogP contribution is 2.37. The normalized spacial score (nSPS) is 11.1. The maximum absolute atomic E-state index is 12.4. The molecule has 0 spiro atoms.